The number of hydrogen-bond donors (Lipinski definition) is 1. The Bertz CT molecular complexity index is 642. The van der Waals surface area contributed by atoms with Crippen LogP contribution in [0.25, 0.3) is 11.0 Å². The van der Waals surface area contributed by atoms with Crippen molar-refractivity contribution in [1.29, 1.82) is 0 Å². The summed E-state index contributed by atoms with van der Waals surface area (Å²) in [5.74, 6) is 0.584. The van der Waals surface area contributed by atoms with E-state index in [1.807, 2.05) is 48.5 Å². The van der Waals surface area contributed by atoms with Gasteiger partial charge in [0.05, 0.1) is 0 Å². The Balaban J connectivity index is 0.00000133. The number of nitrogen functional groups attached to an aromatic ring is 1. The molecule has 0 bridgehead atoms. The maximum absolute atomic E-state index is 5.66. The first-order valence-electron chi connectivity index (χ1n) is 5.60. The van der Waals surface area contributed by atoms with E-state index in [0.29, 0.717) is 5.95 Å². The van der Waals surface area contributed by atoms with E-state index in [9.17, 15) is 0 Å². The Kier molecular flexibility index (Phi) is 3.91. The van der Waals surface area contributed by atoms with Crippen LogP contribution < -0.4 is 15.6 Å². The number of hydrogen-bond acceptors (Lipinski definition) is 3. The molecule has 3 aromatic rings. The topological polar surface area (TPSA) is 56.2 Å². The molecule has 2 aromatic carbocycles. The summed E-state index contributed by atoms with van der Waals surface area (Å²) in [5, 5.41) is 0. The zero-order chi connectivity index (χ0) is 12.5. The minimum Gasteiger partial charge on any atom is -0.553 e. The standard InChI is InChI=1S/C14H12N4.W/c1-18(11-8-6-10(15)7-9-11)14-16-12-4-2-3-5-13(12)17-14;/h2-9H,1,15H2;/q-2;+2. The quantitative estimate of drug-likeness (QED) is 0.512. The van der Waals surface area contributed by atoms with E-state index >= 15 is 0 Å². The Morgan fingerprint density at radius 1 is 1.05 bits per heavy atom. The van der Waals surface area contributed by atoms with Crippen molar-refractivity contribution >= 4 is 28.4 Å². The molecule has 0 spiro atoms. The molecule has 0 saturated heterocycles. The number of rotatable bonds is 2. The van der Waals surface area contributed by atoms with Gasteiger partial charge in [-0.25, -0.2) is 0 Å². The van der Waals surface area contributed by atoms with E-state index in [4.69, 9.17) is 5.73 Å². The summed E-state index contributed by atoms with van der Waals surface area (Å²) in [6, 6.07) is 15.2. The average molecular weight is 420 g/mol. The monoisotopic (exact) mass is 420 g/mol. The zero-order valence-electron chi connectivity index (χ0n) is 10.2. The second-order valence-corrected chi connectivity index (χ2v) is 4.03. The molecule has 0 fully saturated rings. The van der Waals surface area contributed by atoms with E-state index in [1.54, 1.807) is 4.90 Å². The number of anilines is 3. The number of fused-ring (bicyclic) bond motifs is 1. The molecule has 0 aliphatic heterocycles. The van der Waals surface area contributed by atoms with Crippen molar-refractivity contribution in [2.75, 3.05) is 10.6 Å². The molecule has 1 aromatic heterocycles. The maximum atomic E-state index is 5.66. The van der Waals surface area contributed by atoms with Gasteiger partial charge in [-0.3, -0.25) is 0 Å². The molecule has 2 N–H and O–H groups in total. The van der Waals surface area contributed by atoms with Crippen LogP contribution in [0, 0.1) is 7.05 Å². The first-order valence-corrected chi connectivity index (χ1v) is 5.60. The Morgan fingerprint density at radius 3 is 2.42 bits per heavy atom. The predicted octanol–water partition coefficient (Wildman–Crippen LogP) is 2.70. The second-order valence-electron chi connectivity index (χ2n) is 4.03. The van der Waals surface area contributed by atoms with E-state index in [2.05, 4.69) is 17.0 Å². The van der Waals surface area contributed by atoms with Crippen LogP contribution in [-0.2, 0) is 21.1 Å². The summed E-state index contributed by atoms with van der Waals surface area (Å²) in [7, 11) is 3.97. The van der Waals surface area contributed by atoms with Gasteiger partial charge in [0.25, 0.3) is 0 Å². The normalized spacial score (nSPS) is 10.2. The molecule has 5 heteroatoms. The predicted molar refractivity (Wildman–Crippen MR) is 73.4 cm³/mol. The molecule has 94 valence electrons. The Labute approximate surface area is 125 Å². The van der Waals surface area contributed by atoms with Crippen molar-refractivity contribution in [2.24, 2.45) is 0 Å². The fourth-order valence-electron chi connectivity index (χ4n) is 1.78. The molecule has 0 radical (unpaired) electrons. The summed E-state index contributed by atoms with van der Waals surface area (Å²) in [5.41, 5.74) is 9.03. The van der Waals surface area contributed by atoms with Crippen molar-refractivity contribution in [3.63, 3.8) is 0 Å². The van der Waals surface area contributed by atoms with Crippen molar-refractivity contribution in [2.45, 2.75) is 0 Å². The van der Waals surface area contributed by atoms with E-state index in [0.717, 1.165) is 22.4 Å². The fourth-order valence-corrected chi connectivity index (χ4v) is 1.78. The third kappa shape index (κ3) is 2.64. The second kappa shape index (κ2) is 5.45. The summed E-state index contributed by atoms with van der Waals surface area (Å²) < 4.78 is 0. The summed E-state index contributed by atoms with van der Waals surface area (Å²) in [4.78, 5) is 10.6. The zero-order valence-corrected chi connectivity index (χ0v) is 13.1. The minimum absolute atomic E-state index is 0. The number of nitrogens with two attached hydrogens (primary N) is 1. The van der Waals surface area contributed by atoms with Gasteiger partial charge in [0.15, 0.2) is 0 Å². The molecule has 1 heterocycles. The van der Waals surface area contributed by atoms with Crippen LogP contribution in [0.5, 0.6) is 0 Å². The van der Waals surface area contributed by atoms with Gasteiger partial charge in [0.2, 0.25) is 0 Å². The van der Waals surface area contributed by atoms with Gasteiger partial charge in [-0.1, -0.05) is 36.4 Å². The number of para-hydroxylation sites is 2. The molecule has 0 unspecified atom stereocenters. The van der Waals surface area contributed by atoms with Gasteiger partial charge in [-0.15, -0.1) is 0 Å². The van der Waals surface area contributed by atoms with Crippen LogP contribution in [0.2, 0.25) is 0 Å². The smallest absolute Gasteiger partial charge is 0.553 e. The molecule has 0 amide bonds. The first kappa shape index (κ1) is 13.6. The molecule has 3 rings (SSSR count). The van der Waals surface area contributed by atoms with Crippen LogP contribution >= 0.6 is 0 Å². The SMILES string of the molecule is [CH2-]N(c1ccc(N)cc1)c1nc2ccccc2[n-]1.[W+2]. The molecule has 4 nitrogen and oxygen atoms in total. The number of benzene rings is 2. The average Bonchev–Trinajstić information content (AvgIpc) is 2.82. The number of imidazole rings is 1. The molecular weight excluding hydrogens is 408 g/mol. The molecule has 0 atom stereocenters. The van der Waals surface area contributed by atoms with Gasteiger partial charge >= 0.3 is 21.1 Å². The number of nitrogens with zero attached hydrogens (tertiary/aromatic N) is 3. The summed E-state index contributed by atoms with van der Waals surface area (Å²) in [6.07, 6.45) is 0. The Hall–Kier alpha value is -1.80. The Morgan fingerprint density at radius 2 is 1.74 bits per heavy atom. The van der Waals surface area contributed by atoms with Crippen molar-refractivity contribution in [3.8, 4) is 0 Å². The summed E-state index contributed by atoms with van der Waals surface area (Å²) >= 11 is 0. The fraction of sp³-hybridized carbons (Fsp3) is 0. The van der Waals surface area contributed by atoms with Crippen LogP contribution in [0.4, 0.5) is 17.3 Å². The van der Waals surface area contributed by atoms with Crippen molar-refractivity contribution < 1.29 is 21.1 Å². The van der Waals surface area contributed by atoms with Gasteiger partial charge in [0.1, 0.15) is 0 Å². The third-order valence-corrected chi connectivity index (χ3v) is 2.77. The van der Waals surface area contributed by atoms with Gasteiger partial charge in [0, 0.05) is 16.7 Å². The van der Waals surface area contributed by atoms with Gasteiger partial charge in [-0.2, -0.15) is 0 Å². The van der Waals surface area contributed by atoms with E-state index in [-0.39, 0.29) is 21.1 Å². The summed E-state index contributed by atoms with van der Waals surface area (Å²) in [6.45, 7) is 0. The van der Waals surface area contributed by atoms with Gasteiger partial charge < -0.3 is 27.6 Å². The van der Waals surface area contributed by atoms with Gasteiger partial charge in [-0.05, 0) is 23.8 Å². The van der Waals surface area contributed by atoms with E-state index in [1.165, 1.54) is 0 Å². The maximum Gasteiger partial charge on any atom is 2.00 e. The third-order valence-electron chi connectivity index (χ3n) is 2.77. The molecule has 19 heavy (non-hydrogen) atoms. The van der Waals surface area contributed by atoms with Crippen molar-refractivity contribution in [1.82, 2.24) is 9.97 Å². The van der Waals surface area contributed by atoms with Crippen LogP contribution in [0.15, 0.2) is 48.5 Å². The molecular formula is C14H12N4W. The number of aromatic nitrogens is 2. The first-order chi connectivity index (χ1) is 8.74. The molecule has 0 aliphatic carbocycles. The van der Waals surface area contributed by atoms with E-state index < -0.39 is 0 Å². The van der Waals surface area contributed by atoms with Crippen molar-refractivity contribution in [3.05, 3.63) is 55.6 Å². The molecule has 0 aliphatic rings. The molecule has 0 saturated carbocycles. The minimum atomic E-state index is 0. The van der Waals surface area contributed by atoms with Crippen LogP contribution in [0.3, 0.4) is 0 Å². The largest absolute Gasteiger partial charge is 2.00 e. The van der Waals surface area contributed by atoms with Crippen LogP contribution in [-0.4, -0.2) is 4.98 Å². The van der Waals surface area contributed by atoms with Crippen LogP contribution in [0.1, 0.15) is 0 Å².